The van der Waals surface area contributed by atoms with Gasteiger partial charge in [-0.15, -0.1) is 12.6 Å². The zero-order valence-corrected chi connectivity index (χ0v) is 14.7. The minimum atomic E-state index is -1.25. The SMILES string of the molecule is Cc1nn(C)cc1-c1cc(-c2cnc(NC(=O)O)nc2)nc(S)c1C#N. The second kappa shape index (κ2) is 6.81. The monoisotopic (exact) mass is 367 g/mol. The highest BCUT2D eigenvalue weighted by molar-refractivity contribution is 7.80. The number of carboxylic acid groups (broad SMARTS) is 1. The van der Waals surface area contributed by atoms with Gasteiger partial charge in [-0.3, -0.25) is 10.00 Å². The maximum absolute atomic E-state index is 10.6. The smallest absolute Gasteiger partial charge is 0.411 e. The zero-order chi connectivity index (χ0) is 18.8. The van der Waals surface area contributed by atoms with Crippen molar-refractivity contribution < 1.29 is 9.90 Å². The van der Waals surface area contributed by atoms with Crippen LogP contribution in [0, 0.1) is 18.3 Å². The molecule has 0 saturated heterocycles. The van der Waals surface area contributed by atoms with Gasteiger partial charge >= 0.3 is 6.09 Å². The molecule has 0 aromatic carbocycles. The largest absolute Gasteiger partial charge is 0.465 e. The fraction of sp³-hybridized carbons (Fsp3) is 0.125. The summed E-state index contributed by atoms with van der Waals surface area (Å²) < 4.78 is 1.67. The fourth-order valence-electron chi connectivity index (χ4n) is 2.49. The Hall–Kier alpha value is -3.45. The van der Waals surface area contributed by atoms with Gasteiger partial charge in [0, 0.05) is 42.3 Å². The van der Waals surface area contributed by atoms with Gasteiger partial charge in [-0.1, -0.05) is 0 Å². The highest BCUT2D eigenvalue weighted by atomic mass is 32.1. The predicted octanol–water partition coefficient (Wildman–Crippen LogP) is 2.50. The molecular weight excluding hydrogens is 354 g/mol. The van der Waals surface area contributed by atoms with Crippen LogP contribution in [0.5, 0.6) is 0 Å². The van der Waals surface area contributed by atoms with E-state index in [0.717, 1.165) is 11.3 Å². The van der Waals surface area contributed by atoms with E-state index in [9.17, 15) is 10.1 Å². The number of nitriles is 1. The number of nitrogens with one attached hydrogen (secondary N) is 1. The lowest BCUT2D eigenvalue weighted by Crippen LogP contribution is -2.10. The molecule has 1 amide bonds. The molecule has 0 fully saturated rings. The maximum atomic E-state index is 10.6. The fourth-order valence-corrected chi connectivity index (χ4v) is 2.76. The lowest BCUT2D eigenvalue weighted by Gasteiger charge is -2.09. The molecule has 9 nitrogen and oxygen atoms in total. The molecule has 3 rings (SSSR count). The third-order valence-corrected chi connectivity index (χ3v) is 3.91. The van der Waals surface area contributed by atoms with Gasteiger partial charge in [0.1, 0.15) is 11.1 Å². The number of amides is 1. The average Bonchev–Trinajstić information content (AvgIpc) is 2.92. The molecule has 0 bridgehead atoms. The summed E-state index contributed by atoms with van der Waals surface area (Å²) in [4.78, 5) is 22.8. The number of hydrogen-bond acceptors (Lipinski definition) is 7. The molecule has 0 spiro atoms. The van der Waals surface area contributed by atoms with Crippen molar-refractivity contribution in [2.75, 3.05) is 5.32 Å². The van der Waals surface area contributed by atoms with E-state index in [1.54, 1.807) is 17.8 Å². The Labute approximate surface area is 153 Å². The molecule has 2 N–H and O–H groups in total. The zero-order valence-electron chi connectivity index (χ0n) is 13.8. The predicted molar refractivity (Wildman–Crippen MR) is 95.8 cm³/mol. The lowest BCUT2D eigenvalue weighted by molar-refractivity contribution is 0.209. The highest BCUT2D eigenvalue weighted by Gasteiger charge is 2.17. The summed E-state index contributed by atoms with van der Waals surface area (Å²) in [5.41, 5.74) is 3.64. The molecule has 130 valence electrons. The Morgan fingerprint density at radius 2 is 2.04 bits per heavy atom. The minimum absolute atomic E-state index is 0.0377. The van der Waals surface area contributed by atoms with Crippen molar-refractivity contribution in [3.8, 4) is 28.5 Å². The third kappa shape index (κ3) is 3.33. The number of hydrogen-bond donors (Lipinski definition) is 3. The summed E-state index contributed by atoms with van der Waals surface area (Å²) in [5.74, 6) is -0.0377. The lowest BCUT2D eigenvalue weighted by atomic mass is 10.0. The molecule has 10 heteroatoms. The second-order valence-corrected chi connectivity index (χ2v) is 5.82. The molecule has 3 aromatic heterocycles. The molecule has 0 atom stereocenters. The first-order valence-corrected chi connectivity index (χ1v) is 7.81. The van der Waals surface area contributed by atoms with Crippen LogP contribution in [0.3, 0.4) is 0 Å². The van der Waals surface area contributed by atoms with Crippen LogP contribution in [0.2, 0.25) is 0 Å². The molecule has 0 aliphatic carbocycles. The third-order valence-electron chi connectivity index (χ3n) is 3.58. The van der Waals surface area contributed by atoms with Gasteiger partial charge < -0.3 is 5.11 Å². The van der Waals surface area contributed by atoms with E-state index in [0.29, 0.717) is 22.4 Å². The van der Waals surface area contributed by atoms with Gasteiger partial charge in [-0.2, -0.15) is 10.4 Å². The Kier molecular flexibility index (Phi) is 4.55. The number of pyridine rings is 1. The van der Waals surface area contributed by atoms with E-state index in [-0.39, 0.29) is 11.0 Å². The normalized spacial score (nSPS) is 10.4. The van der Waals surface area contributed by atoms with E-state index in [2.05, 4.69) is 44.1 Å². The summed E-state index contributed by atoms with van der Waals surface area (Å²) in [7, 11) is 1.80. The number of carbonyl (C=O) groups is 1. The number of aryl methyl sites for hydroxylation is 2. The highest BCUT2D eigenvalue weighted by Crippen LogP contribution is 2.32. The van der Waals surface area contributed by atoms with Crippen molar-refractivity contribution >= 4 is 24.7 Å². The number of nitrogens with zero attached hydrogens (tertiary/aromatic N) is 6. The molecule has 3 aromatic rings. The van der Waals surface area contributed by atoms with E-state index in [1.165, 1.54) is 12.4 Å². The van der Waals surface area contributed by atoms with E-state index in [1.807, 2.05) is 13.1 Å². The van der Waals surface area contributed by atoms with E-state index in [4.69, 9.17) is 5.11 Å². The van der Waals surface area contributed by atoms with Crippen LogP contribution in [-0.2, 0) is 7.05 Å². The Morgan fingerprint density at radius 3 is 2.58 bits per heavy atom. The van der Waals surface area contributed by atoms with Crippen LogP contribution in [0.1, 0.15) is 11.3 Å². The van der Waals surface area contributed by atoms with Crippen LogP contribution in [0.25, 0.3) is 22.4 Å². The van der Waals surface area contributed by atoms with Gasteiger partial charge in [0.05, 0.1) is 17.0 Å². The average molecular weight is 367 g/mol. The number of thiol groups is 1. The second-order valence-electron chi connectivity index (χ2n) is 5.39. The van der Waals surface area contributed by atoms with Crippen LogP contribution in [0.4, 0.5) is 10.7 Å². The van der Waals surface area contributed by atoms with Crippen molar-refractivity contribution in [1.82, 2.24) is 24.7 Å². The molecule has 0 aliphatic heterocycles. The number of aromatic nitrogens is 5. The first-order valence-electron chi connectivity index (χ1n) is 7.36. The van der Waals surface area contributed by atoms with Gasteiger partial charge in [0.2, 0.25) is 5.95 Å². The van der Waals surface area contributed by atoms with E-state index >= 15 is 0 Å². The molecule has 26 heavy (non-hydrogen) atoms. The molecule has 0 unspecified atom stereocenters. The summed E-state index contributed by atoms with van der Waals surface area (Å²) in [6.45, 7) is 1.85. The Morgan fingerprint density at radius 1 is 1.35 bits per heavy atom. The maximum Gasteiger partial charge on any atom is 0.411 e. The van der Waals surface area contributed by atoms with Crippen LogP contribution in [0.15, 0.2) is 29.7 Å². The van der Waals surface area contributed by atoms with Gasteiger partial charge in [0.15, 0.2) is 0 Å². The summed E-state index contributed by atoms with van der Waals surface area (Å²) in [6, 6.07) is 3.87. The van der Waals surface area contributed by atoms with Gasteiger partial charge in [-0.05, 0) is 13.0 Å². The van der Waals surface area contributed by atoms with Crippen molar-refractivity contribution in [3.05, 3.63) is 35.9 Å². The summed E-state index contributed by atoms with van der Waals surface area (Å²) >= 11 is 4.33. The number of anilines is 1. The molecule has 0 aliphatic rings. The first kappa shape index (κ1) is 17.4. The topological polar surface area (TPSA) is 130 Å². The van der Waals surface area contributed by atoms with Crippen molar-refractivity contribution in [1.29, 1.82) is 5.26 Å². The minimum Gasteiger partial charge on any atom is -0.465 e. The van der Waals surface area contributed by atoms with Crippen molar-refractivity contribution in [3.63, 3.8) is 0 Å². The van der Waals surface area contributed by atoms with Crippen LogP contribution in [-0.4, -0.2) is 35.9 Å². The van der Waals surface area contributed by atoms with Crippen LogP contribution >= 0.6 is 12.6 Å². The quantitative estimate of drug-likeness (QED) is 0.606. The Bertz CT molecular complexity index is 1040. The van der Waals surface area contributed by atoms with Crippen molar-refractivity contribution in [2.45, 2.75) is 11.9 Å². The van der Waals surface area contributed by atoms with Crippen LogP contribution < -0.4 is 5.32 Å². The molecule has 0 radical (unpaired) electrons. The molecule has 0 saturated carbocycles. The molecular formula is C16H13N7O2S. The molecule has 3 heterocycles. The van der Waals surface area contributed by atoms with Crippen molar-refractivity contribution in [2.24, 2.45) is 7.05 Å². The van der Waals surface area contributed by atoms with E-state index < -0.39 is 6.09 Å². The first-order chi connectivity index (χ1) is 12.4. The summed E-state index contributed by atoms with van der Waals surface area (Å²) in [6.07, 6.45) is 3.46. The number of rotatable bonds is 3. The van der Waals surface area contributed by atoms with Gasteiger partial charge in [0.25, 0.3) is 0 Å². The van der Waals surface area contributed by atoms with Gasteiger partial charge in [-0.25, -0.2) is 19.7 Å². The Balaban J connectivity index is 2.11. The standard InChI is InChI=1S/C16H13N7O2S/c1-8-12(7-23(2)22-8)10-3-13(20-14(26)11(10)4-17)9-5-18-15(19-6-9)21-16(24)25/h3,5-7H,1-2H3,(H,20,26)(H,24,25)(H,18,19,21). The summed E-state index contributed by atoms with van der Waals surface area (Å²) in [5, 5.41) is 24.8.